The highest BCUT2D eigenvalue weighted by Gasteiger charge is 2.07. The standard InChI is InChI=1S/C14H24O/c1-11(2)5-7-13-9-10-15-14(13)8-6-12(3)4/h9-12H,5-8H2,1-4H3. The summed E-state index contributed by atoms with van der Waals surface area (Å²) in [5, 5.41) is 0. The van der Waals surface area contributed by atoms with Gasteiger partial charge in [0.25, 0.3) is 0 Å². The third-order valence-electron chi connectivity index (χ3n) is 2.78. The van der Waals surface area contributed by atoms with Gasteiger partial charge in [0.05, 0.1) is 6.26 Å². The monoisotopic (exact) mass is 208 g/mol. The molecule has 1 heterocycles. The van der Waals surface area contributed by atoms with Crippen LogP contribution in [0.25, 0.3) is 0 Å². The number of furan rings is 1. The highest BCUT2D eigenvalue weighted by Crippen LogP contribution is 2.18. The van der Waals surface area contributed by atoms with Gasteiger partial charge in [0, 0.05) is 6.42 Å². The van der Waals surface area contributed by atoms with E-state index >= 15 is 0 Å². The highest BCUT2D eigenvalue weighted by atomic mass is 16.3. The molecule has 1 aromatic rings. The van der Waals surface area contributed by atoms with Gasteiger partial charge in [-0.25, -0.2) is 0 Å². The van der Waals surface area contributed by atoms with E-state index in [-0.39, 0.29) is 0 Å². The Kier molecular flexibility index (Phi) is 4.93. The third-order valence-corrected chi connectivity index (χ3v) is 2.78. The van der Waals surface area contributed by atoms with E-state index in [0.717, 1.165) is 18.3 Å². The highest BCUT2D eigenvalue weighted by molar-refractivity contribution is 5.17. The fraction of sp³-hybridized carbons (Fsp3) is 0.714. The van der Waals surface area contributed by atoms with Crippen LogP contribution >= 0.6 is 0 Å². The molecule has 1 rings (SSSR count). The maximum Gasteiger partial charge on any atom is 0.106 e. The minimum atomic E-state index is 0.757. The van der Waals surface area contributed by atoms with Crippen molar-refractivity contribution in [3.05, 3.63) is 23.7 Å². The van der Waals surface area contributed by atoms with E-state index in [4.69, 9.17) is 4.42 Å². The molecule has 86 valence electrons. The van der Waals surface area contributed by atoms with Crippen molar-refractivity contribution >= 4 is 0 Å². The Bertz CT molecular complexity index is 244. The van der Waals surface area contributed by atoms with Gasteiger partial charge in [-0.05, 0) is 42.7 Å². The Hall–Kier alpha value is -0.720. The zero-order valence-corrected chi connectivity index (χ0v) is 10.5. The van der Waals surface area contributed by atoms with Crippen LogP contribution in [0.4, 0.5) is 0 Å². The predicted octanol–water partition coefficient (Wildman–Crippen LogP) is 4.46. The SMILES string of the molecule is CC(C)CCc1ccoc1CCC(C)C. The molecule has 0 saturated carbocycles. The Morgan fingerprint density at radius 3 is 2.20 bits per heavy atom. The molecule has 1 aromatic heterocycles. The van der Waals surface area contributed by atoms with Crippen molar-refractivity contribution in [2.24, 2.45) is 11.8 Å². The molecule has 0 aliphatic heterocycles. The van der Waals surface area contributed by atoms with Gasteiger partial charge in [-0.1, -0.05) is 27.7 Å². The third kappa shape index (κ3) is 4.55. The summed E-state index contributed by atoms with van der Waals surface area (Å²) in [6, 6.07) is 2.14. The molecule has 0 aromatic carbocycles. The van der Waals surface area contributed by atoms with E-state index in [1.54, 1.807) is 0 Å². The van der Waals surface area contributed by atoms with Gasteiger partial charge < -0.3 is 4.42 Å². The van der Waals surface area contributed by atoms with Crippen LogP contribution in [-0.4, -0.2) is 0 Å². The van der Waals surface area contributed by atoms with Crippen LogP contribution in [0.15, 0.2) is 16.7 Å². The Balaban J connectivity index is 2.46. The molecule has 0 spiro atoms. The molecular weight excluding hydrogens is 184 g/mol. The van der Waals surface area contributed by atoms with Gasteiger partial charge >= 0.3 is 0 Å². The lowest BCUT2D eigenvalue weighted by Gasteiger charge is -2.06. The summed E-state index contributed by atoms with van der Waals surface area (Å²) in [5.74, 6) is 2.75. The van der Waals surface area contributed by atoms with E-state index in [1.165, 1.54) is 30.6 Å². The van der Waals surface area contributed by atoms with Crippen molar-refractivity contribution in [3.8, 4) is 0 Å². The summed E-state index contributed by atoms with van der Waals surface area (Å²) in [5.41, 5.74) is 1.42. The average molecular weight is 208 g/mol. The summed E-state index contributed by atoms with van der Waals surface area (Å²) < 4.78 is 5.55. The van der Waals surface area contributed by atoms with E-state index in [0.29, 0.717) is 0 Å². The Morgan fingerprint density at radius 2 is 1.60 bits per heavy atom. The van der Waals surface area contributed by atoms with Crippen LogP contribution in [0.5, 0.6) is 0 Å². The molecular formula is C14H24O. The van der Waals surface area contributed by atoms with Gasteiger partial charge in [0.1, 0.15) is 5.76 Å². The molecule has 1 heteroatoms. The van der Waals surface area contributed by atoms with Crippen molar-refractivity contribution in [3.63, 3.8) is 0 Å². The molecule has 0 N–H and O–H groups in total. The van der Waals surface area contributed by atoms with Gasteiger partial charge in [0.15, 0.2) is 0 Å². The fourth-order valence-electron chi connectivity index (χ4n) is 1.67. The van der Waals surface area contributed by atoms with Crippen molar-refractivity contribution in [2.45, 2.75) is 53.4 Å². The number of rotatable bonds is 6. The second-order valence-electron chi connectivity index (χ2n) is 5.23. The van der Waals surface area contributed by atoms with Gasteiger partial charge in [-0.2, -0.15) is 0 Å². The molecule has 0 fully saturated rings. The van der Waals surface area contributed by atoms with Gasteiger partial charge in [-0.15, -0.1) is 0 Å². The summed E-state index contributed by atoms with van der Waals surface area (Å²) in [7, 11) is 0. The van der Waals surface area contributed by atoms with Crippen molar-refractivity contribution in [2.75, 3.05) is 0 Å². The second kappa shape index (κ2) is 5.99. The van der Waals surface area contributed by atoms with Gasteiger partial charge in [-0.3, -0.25) is 0 Å². The van der Waals surface area contributed by atoms with Crippen LogP contribution in [0.3, 0.4) is 0 Å². The maximum absolute atomic E-state index is 5.55. The quantitative estimate of drug-likeness (QED) is 0.673. The van der Waals surface area contributed by atoms with E-state index in [9.17, 15) is 0 Å². The lowest BCUT2D eigenvalue weighted by Crippen LogP contribution is -1.97. The van der Waals surface area contributed by atoms with Crippen LogP contribution in [0, 0.1) is 11.8 Å². The van der Waals surface area contributed by atoms with Crippen LogP contribution in [0.2, 0.25) is 0 Å². The molecule has 0 saturated heterocycles. The summed E-state index contributed by atoms with van der Waals surface area (Å²) in [4.78, 5) is 0. The molecule has 0 aliphatic rings. The second-order valence-corrected chi connectivity index (χ2v) is 5.23. The summed E-state index contributed by atoms with van der Waals surface area (Å²) in [6.45, 7) is 9.06. The first kappa shape index (κ1) is 12.4. The first-order valence-electron chi connectivity index (χ1n) is 6.14. The first-order valence-corrected chi connectivity index (χ1v) is 6.14. The van der Waals surface area contributed by atoms with Crippen LogP contribution in [-0.2, 0) is 12.8 Å². The lowest BCUT2D eigenvalue weighted by molar-refractivity contribution is 0.468. The molecule has 0 amide bonds. The molecule has 0 radical (unpaired) electrons. The van der Waals surface area contributed by atoms with Crippen LogP contribution in [0.1, 0.15) is 51.9 Å². The molecule has 0 bridgehead atoms. The maximum atomic E-state index is 5.55. The predicted molar refractivity (Wildman–Crippen MR) is 65.0 cm³/mol. The Morgan fingerprint density at radius 1 is 1.00 bits per heavy atom. The first-order chi connectivity index (χ1) is 7.09. The molecule has 0 aliphatic carbocycles. The van der Waals surface area contributed by atoms with Gasteiger partial charge in [0.2, 0.25) is 0 Å². The van der Waals surface area contributed by atoms with Crippen molar-refractivity contribution in [1.82, 2.24) is 0 Å². The summed E-state index contributed by atoms with van der Waals surface area (Å²) >= 11 is 0. The molecule has 1 nitrogen and oxygen atoms in total. The normalized spacial score (nSPS) is 11.6. The number of hydrogen-bond acceptors (Lipinski definition) is 1. The summed E-state index contributed by atoms with van der Waals surface area (Å²) in [6.07, 6.45) is 6.58. The topological polar surface area (TPSA) is 13.1 Å². The van der Waals surface area contributed by atoms with Crippen molar-refractivity contribution in [1.29, 1.82) is 0 Å². The smallest absolute Gasteiger partial charge is 0.106 e. The van der Waals surface area contributed by atoms with E-state index in [1.807, 2.05) is 6.26 Å². The molecule has 0 atom stereocenters. The average Bonchev–Trinajstić information content (AvgIpc) is 2.58. The minimum Gasteiger partial charge on any atom is -0.469 e. The fourth-order valence-corrected chi connectivity index (χ4v) is 1.67. The molecule has 15 heavy (non-hydrogen) atoms. The lowest BCUT2D eigenvalue weighted by atomic mass is 10.00. The minimum absolute atomic E-state index is 0.757. The molecule has 0 unspecified atom stereocenters. The van der Waals surface area contributed by atoms with Crippen molar-refractivity contribution < 1.29 is 4.42 Å². The van der Waals surface area contributed by atoms with E-state index in [2.05, 4.69) is 33.8 Å². The zero-order chi connectivity index (χ0) is 11.3. The number of hydrogen-bond donors (Lipinski definition) is 0. The zero-order valence-electron chi connectivity index (χ0n) is 10.5. The van der Waals surface area contributed by atoms with E-state index < -0.39 is 0 Å². The number of aryl methyl sites for hydroxylation is 2. The van der Waals surface area contributed by atoms with Crippen LogP contribution < -0.4 is 0 Å². The largest absolute Gasteiger partial charge is 0.469 e. The Labute approximate surface area is 93.9 Å².